The fraction of sp³-hybridized carbons (Fsp3) is 0.481. The lowest BCUT2D eigenvalue weighted by Gasteiger charge is -2.40. The molecule has 2 aromatic rings. The monoisotopic (exact) mass is 431 g/mol. The van der Waals surface area contributed by atoms with Crippen LogP contribution < -0.4 is 10.6 Å². The van der Waals surface area contributed by atoms with Gasteiger partial charge >= 0.3 is 0 Å². The van der Waals surface area contributed by atoms with Crippen LogP contribution in [0.2, 0.25) is 0 Å². The van der Waals surface area contributed by atoms with Gasteiger partial charge in [0.25, 0.3) is 5.91 Å². The highest BCUT2D eigenvalue weighted by Gasteiger charge is 2.41. The van der Waals surface area contributed by atoms with Crippen molar-refractivity contribution < 1.29 is 9.59 Å². The van der Waals surface area contributed by atoms with Crippen LogP contribution in [0.5, 0.6) is 0 Å². The first-order valence-corrected chi connectivity index (χ1v) is 12.1. The average molecular weight is 432 g/mol. The summed E-state index contributed by atoms with van der Waals surface area (Å²) in [4.78, 5) is 27.4. The summed E-state index contributed by atoms with van der Waals surface area (Å²) in [6.07, 6.45) is 6.49. The van der Waals surface area contributed by atoms with E-state index in [2.05, 4.69) is 34.9 Å². The highest BCUT2D eigenvalue weighted by atomic mass is 16.2. The Morgan fingerprint density at radius 3 is 2.56 bits per heavy atom. The van der Waals surface area contributed by atoms with Crippen molar-refractivity contribution in [1.29, 1.82) is 0 Å². The zero-order valence-corrected chi connectivity index (χ0v) is 18.7. The molecule has 0 bridgehead atoms. The van der Waals surface area contributed by atoms with E-state index in [1.807, 2.05) is 29.2 Å². The predicted molar refractivity (Wildman–Crippen MR) is 125 cm³/mol. The minimum Gasteiger partial charge on any atom is -0.352 e. The molecule has 2 N–H and O–H groups in total. The van der Waals surface area contributed by atoms with Crippen molar-refractivity contribution in [3.8, 4) is 0 Å². The van der Waals surface area contributed by atoms with Crippen LogP contribution in [-0.4, -0.2) is 42.9 Å². The molecule has 2 heterocycles. The normalized spacial score (nSPS) is 21.9. The molecule has 1 unspecified atom stereocenters. The molecular formula is C27H33N3O2. The van der Waals surface area contributed by atoms with E-state index in [4.69, 9.17) is 0 Å². The lowest BCUT2D eigenvalue weighted by Crippen LogP contribution is -2.44. The van der Waals surface area contributed by atoms with Gasteiger partial charge in [-0.05, 0) is 79.3 Å². The van der Waals surface area contributed by atoms with E-state index in [0.29, 0.717) is 6.54 Å². The van der Waals surface area contributed by atoms with Crippen LogP contribution in [0.4, 0.5) is 0 Å². The minimum atomic E-state index is 0.0684. The molecule has 5 heteroatoms. The van der Waals surface area contributed by atoms with Gasteiger partial charge in [-0.15, -0.1) is 0 Å². The van der Waals surface area contributed by atoms with Crippen molar-refractivity contribution >= 4 is 11.8 Å². The van der Waals surface area contributed by atoms with Gasteiger partial charge in [-0.25, -0.2) is 0 Å². The van der Waals surface area contributed by atoms with Gasteiger partial charge in [-0.2, -0.15) is 0 Å². The summed E-state index contributed by atoms with van der Waals surface area (Å²) >= 11 is 0. The summed E-state index contributed by atoms with van der Waals surface area (Å²) in [5.74, 6) is 0.307. The Bertz CT molecular complexity index is 971. The van der Waals surface area contributed by atoms with E-state index >= 15 is 0 Å². The van der Waals surface area contributed by atoms with Gasteiger partial charge in [0.2, 0.25) is 5.91 Å². The summed E-state index contributed by atoms with van der Waals surface area (Å²) in [6, 6.07) is 16.6. The van der Waals surface area contributed by atoms with Gasteiger partial charge in [0, 0.05) is 31.7 Å². The van der Waals surface area contributed by atoms with Gasteiger partial charge in [-0.1, -0.05) is 36.4 Å². The Morgan fingerprint density at radius 1 is 1.03 bits per heavy atom. The first-order valence-electron chi connectivity index (χ1n) is 12.1. The number of benzene rings is 2. The number of carbonyl (C=O) groups is 2. The van der Waals surface area contributed by atoms with Crippen LogP contribution in [0, 0.1) is 5.92 Å². The lowest BCUT2D eigenvalue weighted by atomic mass is 9.74. The smallest absolute Gasteiger partial charge is 0.253 e. The first kappa shape index (κ1) is 21.2. The minimum absolute atomic E-state index is 0.0684. The SMILES string of the molecule is O=C(NCc1ccc(C(=O)N2CCC3(CCc4ccccc43)CC2)cc1)C1CCCNC1. The molecule has 1 atom stereocenters. The standard InChI is InChI=1S/C27H33N3O2/c31-25(23-5-3-15-28-19-23)29-18-20-7-9-22(10-8-20)26(32)30-16-13-27(14-17-30)12-11-21-4-1-2-6-24(21)27/h1-2,4,6-10,23,28H,3,5,11-19H2,(H,29,31). The predicted octanol–water partition coefficient (Wildman–Crippen LogP) is 3.42. The zero-order valence-electron chi connectivity index (χ0n) is 18.7. The molecule has 2 aromatic carbocycles. The molecule has 1 spiro atoms. The fourth-order valence-corrected chi connectivity index (χ4v) is 5.78. The number of nitrogens with one attached hydrogen (secondary N) is 2. The third kappa shape index (κ3) is 4.18. The third-order valence-electron chi connectivity index (χ3n) is 7.80. The number of nitrogens with zero attached hydrogens (tertiary/aromatic N) is 1. The van der Waals surface area contributed by atoms with Gasteiger partial charge < -0.3 is 15.5 Å². The molecule has 2 aliphatic heterocycles. The van der Waals surface area contributed by atoms with E-state index in [0.717, 1.165) is 63.0 Å². The second-order valence-corrected chi connectivity index (χ2v) is 9.69. The number of aryl methyl sites for hydroxylation is 1. The van der Waals surface area contributed by atoms with Crippen molar-refractivity contribution in [2.24, 2.45) is 5.92 Å². The molecule has 5 nitrogen and oxygen atoms in total. The summed E-state index contributed by atoms with van der Waals surface area (Å²) in [7, 11) is 0. The van der Waals surface area contributed by atoms with E-state index in [1.165, 1.54) is 24.0 Å². The largest absolute Gasteiger partial charge is 0.352 e. The molecule has 0 aromatic heterocycles. The maximum Gasteiger partial charge on any atom is 0.253 e. The maximum absolute atomic E-state index is 13.1. The van der Waals surface area contributed by atoms with E-state index in [1.54, 1.807) is 0 Å². The Hall–Kier alpha value is -2.66. The summed E-state index contributed by atoms with van der Waals surface area (Å²) in [6.45, 7) is 3.92. The number of likely N-dealkylation sites (tertiary alicyclic amines) is 1. The van der Waals surface area contributed by atoms with Crippen LogP contribution in [-0.2, 0) is 23.2 Å². The molecule has 0 radical (unpaired) electrons. The van der Waals surface area contributed by atoms with Crippen molar-refractivity contribution in [2.45, 2.75) is 50.5 Å². The van der Waals surface area contributed by atoms with E-state index in [9.17, 15) is 9.59 Å². The molecule has 2 saturated heterocycles. The number of piperidine rings is 2. The number of hydrogen-bond acceptors (Lipinski definition) is 3. The van der Waals surface area contributed by atoms with Crippen LogP contribution in [0.15, 0.2) is 48.5 Å². The number of carbonyl (C=O) groups excluding carboxylic acids is 2. The van der Waals surface area contributed by atoms with Crippen molar-refractivity contribution in [3.63, 3.8) is 0 Å². The number of rotatable bonds is 4. The van der Waals surface area contributed by atoms with Crippen LogP contribution in [0.3, 0.4) is 0 Å². The van der Waals surface area contributed by atoms with Crippen molar-refractivity contribution in [1.82, 2.24) is 15.5 Å². The van der Waals surface area contributed by atoms with Gasteiger partial charge in [0.05, 0.1) is 5.92 Å². The van der Waals surface area contributed by atoms with Crippen molar-refractivity contribution in [2.75, 3.05) is 26.2 Å². The van der Waals surface area contributed by atoms with E-state index < -0.39 is 0 Å². The summed E-state index contributed by atoms with van der Waals surface area (Å²) in [5.41, 5.74) is 5.04. The Kier molecular flexibility index (Phi) is 6.01. The Balaban J connectivity index is 1.15. The first-order chi connectivity index (χ1) is 15.6. The highest BCUT2D eigenvalue weighted by Crippen LogP contribution is 2.46. The second-order valence-electron chi connectivity index (χ2n) is 9.69. The molecular weight excluding hydrogens is 398 g/mol. The second kappa shape index (κ2) is 9.07. The number of fused-ring (bicyclic) bond motifs is 2. The molecule has 3 aliphatic rings. The third-order valence-corrected chi connectivity index (χ3v) is 7.80. The van der Waals surface area contributed by atoms with E-state index in [-0.39, 0.29) is 23.1 Å². The molecule has 32 heavy (non-hydrogen) atoms. The molecule has 1 aliphatic carbocycles. The summed E-state index contributed by atoms with van der Waals surface area (Å²) in [5, 5.41) is 6.33. The number of amides is 2. The lowest BCUT2D eigenvalue weighted by molar-refractivity contribution is -0.125. The average Bonchev–Trinajstić information content (AvgIpc) is 3.21. The Morgan fingerprint density at radius 2 is 1.81 bits per heavy atom. The van der Waals surface area contributed by atoms with Crippen molar-refractivity contribution in [3.05, 3.63) is 70.8 Å². The van der Waals surface area contributed by atoms with Crippen LogP contribution >= 0.6 is 0 Å². The quantitative estimate of drug-likeness (QED) is 0.780. The van der Waals surface area contributed by atoms with Gasteiger partial charge in [-0.3, -0.25) is 9.59 Å². The highest BCUT2D eigenvalue weighted by molar-refractivity contribution is 5.94. The molecule has 0 saturated carbocycles. The molecule has 2 amide bonds. The van der Waals surface area contributed by atoms with Crippen LogP contribution in [0.25, 0.3) is 0 Å². The van der Waals surface area contributed by atoms with Crippen LogP contribution in [0.1, 0.15) is 59.2 Å². The number of hydrogen-bond donors (Lipinski definition) is 2. The zero-order chi connectivity index (χ0) is 22.0. The molecule has 2 fully saturated rings. The van der Waals surface area contributed by atoms with Gasteiger partial charge in [0.1, 0.15) is 0 Å². The topological polar surface area (TPSA) is 61.4 Å². The fourth-order valence-electron chi connectivity index (χ4n) is 5.78. The summed E-state index contributed by atoms with van der Waals surface area (Å²) < 4.78 is 0. The molecule has 168 valence electrons. The maximum atomic E-state index is 13.1. The van der Waals surface area contributed by atoms with Gasteiger partial charge in [0.15, 0.2) is 0 Å². The Labute approximate surface area is 190 Å². The molecule has 5 rings (SSSR count).